The van der Waals surface area contributed by atoms with E-state index in [2.05, 4.69) is 0 Å². The van der Waals surface area contributed by atoms with Gasteiger partial charge >= 0.3 is 0 Å². The molecular weight excluding hydrogens is 566 g/mol. The van der Waals surface area contributed by atoms with Gasteiger partial charge in [0.2, 0.25) is 0 Å². The number of aliphatic hydroxyl groups excluding tert-OH is 1. The van der Waals surface area contributed by atoms with Crippen molar-refractivity contribution in [2.75, 3.05) is 14.2 Å². The molecule has 2 aromatic carbocycles. The van der Waals surface area contributed by atoms with Crippen LogP contribution in [0.2, 0.25) is 0 Å². The number of methoxy groups -OCH3 is 1. The van der Waals surface area contributed by atoms with Crippen molar-refractivity contribution in [2.24, 2.45) is 14.1 Å². The Morgan fingerprint density at radius 1 is 0.758 bits per heavy atom. The fraction of sp³-hybridized carbons (Fsp3) is 0.308. The smallest absolute Gasteiger partial charge is 0.128 e. The number of nitrogens with zero attached hydrogens (tertiary/aromatic N) is 2. The molecule has 0 amide bonds. The summed E-state index contributed by atoms with van der Waals surface area (Å²) in [5, 5.41) is 17.9. The third-order valence-electron chi connectivity index (χ3n) is 3.81. The monoisotopic (exact) mass is 612 g/mol. The number of phenolic OH excluding ortho intramolecular Hbond substituents is 1. The van der Waals surface area contributed by atoms with E-state index in [1.54, 1.807) is 31.6 Å². The molecule has 4 rings (SSSR count). The Morgan fingerprint density at radius 2 is 1.15 bits per heavy atom. The molecule has 0 saturated heterocycles. The van der Waals surface area contributed by atoms with Crippen molar-refractivity contribution < 1.29 is 83.1 Å². The summed E-state index contributed by atoms with van der Waals surface area (Å²) in [6.45, 7) is 8.00. The molecule has 2 aromatic heterocycles. The van der Waals surface area contributed by atoms with E-state index < -0.39 is 0 Å². The first-order valence-electron chi connectivity index (χ1n) is 10.7. The largest absolute Gasteiger partial charge is 0.507 e. The summed E-state index contributed by atoms with van der Waals surface area (Å²) in [6, 6.07) is 11.9. The van der Waals surface area contributed by atoms with Crippen molar-refractivity contribution in [3.8, 4) is 11.5 Å². The number of benzene rings is 2. The number of ether oxygens (including phenoxy) is 1. The molecule has 4 aromatic rings. The molecule has 0 saturated carbocycles. The number of rotatable bonds is 1. The van der Waals surface area contributed by atoms with E-state index >= 15 is 0 Å². The molecule has 2 N–H and O–H groups in total. The van der Waals surface area contributed by atoms with E-state index in [-0.39, 0.29) is 86.0 Å². The Balaban J connectivity index is -0.000000129. The molecule has 5 nitrogen and oxygen atoms in total. The minimum Gasteiger partial charge on any atom is -0.507 e. The van der Waals surface area contributed by atoms with Gasteiger partial charge in [-0.25, -0.2) is 0 Å². The van der Waals surface area contributed by atoms with Crippen LogP contribution in [0.4, 0.5) is 0 Å². The van der Waals surface area contributed by atoms with E-state index in [9.17, 15) is 5.11 Å². The van der Waals surface area contributed by atoms with Crippen LogP contribution in [0.1, 0.15) is 30.4 Å². The van der Waals surface area contributed by atoms with E-state index in [4.69, 9.17) is 12.6 Å². The number of fused-ring (bicyclic) bond motifs is 2. The second-order valence-electron chi connectivity index (χ2n) is 5.29. The Morgan fingerprint density at radius 3 is 1.58 bits per heavy atom. The zero-order chi connectivity index (χ0) is 24.1. The molecule has 0 spiro atoms. The zero-order valence-electron chi connectivity index (χ0n) is 24.0. The van der Waals surface area contributed by atoms with Gasteiger partial charge in [0.1, 0.15) is 11.5 Å². The molecular formula is C26H42N2O3Y2-2. The number of hydrogen-bond donors (Lipinski definition) is 2. The van der Waals surface area contributed by atoms with Gasteiger partial charge in [-0.2, -0.15) is 0 Å². The molecule has 33 heavy (non-hydrogen) atoms. The summed E-state index contributed by atoms with van der Waals surface area (Å²) in [6.07, 6.45) is 3.47. The predicted molar refractivity (Wildman–Crippen MR) is 138 cm³/mol. The van der Waals surface area contributed by atoms with Gasteiger partial charge < -0.3 is 38.9 Å². The minimum atomic E-state index is 0. The summed E-state index contributed by atoms with van der Waals surface area (Å²) in [5.74, 6) is 0.946. The summed E-state index contributed by atoms with van der Waals surface area (Å²) >= 11 is 0. The maximum atomic E-state index is 9.43. The minimum absolute atomic E-state index is 0. The second kappa shape index (κ2) is 24.4. The van der Waals surface area contributed by atoms with Gasteiger partial charge in [-0.05, 0) is 36.4 Å². The fourth-order valence-corrected chi connectivity index (χ4v) is 2.56. The number of aryl methyl sites for hydroxylation is 2. The van der Waals surface area contributed by atoms with Crippen molar-refractivity contribution in [3.05, 3.63) is 75.7 Å². The molecule has 7 heteroatoms. The number of phenols is 1. The van der Waals surface area contributed by atoms with Crippen LogP contribution in [0, 0.1) is 14.9 Å². The SMILES string of the molecule is CC.CC.CO.[3H]c1cn(C)c2cccc(O)c12.[3H]c1cn(C)c2cccc(OC)c12.[CH3-].[CH3-].[Y].[Y]. The Bertz CT molecular complexity index is 1070. The van der Waals surface area contributed by atoms with E-state index in [0.29, 0.717) is 17.5 Å². The maximum absolute atomic E-state index is 9.43. The summed E-state index contributed by atoms with van der Waals surface area (Å²) in [5.41, 5.74) is 1.92. The quantitative estimate of drug-likeness (QED) is 0.238. The molecule has 0 aliphatic heterocycles. The average Bonchev–Trinajstić information content (AvgIpc) is 3.28. The van der Waals surface area contributed by atoms with Crippen molar-refractivity contribution in [1.29, 1.82) is 0 Å². The Labute approximate surface area is 255 Å². The van der Waals surface area contributed by atoms with Gasteiger partial charge in [0, 0.05) is 110 Å². The van der Waals surface area contributed by atoms with Crippen LogP contribution in [0.25, 0.3) is 21.8 Å². The third kappa shape index (κ3) is 12.0. The molecule has 0 aliphatic rings. The van der Waals surface area contributed by atoms with Crippen LogP contribution in [-0.4, -0.2) is 33.6 Å². The van der Waals surface area contributed by atoms with Gasteiger partial charge in [0.15, 0.2) is 0 Å². The Kier molecular flexibility index (Phi) is 27.3. The molecule has 2 heterocycles. The van der Waals surface area contributed by atoms with Crippen LogP contribution in [0.5, 0.6) is 11.5 Å². The van der Waals surface area contributed by atoms with Crippen LogP contribution in [0.15, 0.2) is 60.9 Å². The topological polar surface area (TPSA) is 59.5 Å². The maximum Gasteiger partial charge on any atom is 0.128 e. The summed E-state index contributed by atoms with van der Waals surface area (Å²) < 4.78 is 24.2. The van der Waals surface area contributed by atoms with Gasteiger partial charge in [-0.1, -0.05) is 39.8 Å². The number of aliphatic hydroxyl groups is 1. The van der Waals surface area contributed by atoms with Crippen LogP contribution in [0.3, 0.4) is 0 Å². The number of aromatic hydroxyl groups is 1. The first-order valence-corrected chi connectivity index (χ1v) is 9.71. The first kappa shape index (κ1) is 36.8. The van der Waals surface area contributed by atoms with E-state index in [1.807, 2.05) is 75.2 Å². The normalized spacial score (nSPS) is 8.76. The van der Waals surface area contributed by atoms with Crippen molar-refractivity contribution in [3.63, 3.8) is 0 Å². The fourth-order valence-electron chi connectivity index (χ4n) is 2.56. The van der Waals surface area contributed by atoms with Crippen LogP contribution in [-0.2, 0) is 79.5 Å². The van der Waals surface area contributed by atoms with E-state index in [0.717, 1.165) is 29.3 Å². The van der Waals surface area contributed by atoms with Crippen LogP contribution >= 0.6 is 0 Å². The van der Waals surface area contributed by atoms with Gasteiger partial charge in [-0.15, -0.1) is 0 Å². The molecule has 0 atom stereocenters. The molecule has 0 unspecified atom stereocenters. The number of aromatic nitrogens is 2. The third-order valence-corrected chi connectivity index (χ3v) is 3.81. The molecule has 182 valence electrons. The Hall–Kier alpha value is -0.712. The predicted octanol–water partition coefficient (Wildman–Crippen LogP) is 6.63. The second-order valence-corrected chi connectivity index (χ2v) is 5.29. The van der Waals surface area contributed by atoms with Crippen molar-refractivity contribution >= 4 is 21.8 Å². The summed E-state index contributed by atoms with van der Waals surface area (Å²) in [7, 11) is 6.42. The van der Waals surface area contributed by atoms with Gasteiger partial charge in [0.05, 0.1) is 20.9 Å². The molecule has 2 radical (unpaired) electrons. The van der Waals surface area contributed by atoms with E-state index in [1.165, 1.54) is 0 Å². The van der Waals surface area contributed by atoms with Crippen molar-refractivity contribution in [2.45, 2.75) is 27.7 Å². The summed E-state index contributed by atoms with van der Waals surface area (Å²) in [4.78, 5) is 0. The molecule has 0 bridgehead atoms. The average molecular weight is 612 g/mol. The zero-order valence-corrected chi connectivity index (χ0v) is 27.6. The first-order chi connectivity index (χ1) is 14.9. The molecule has 0 fully saturated rings. The standard InChI is InChI=1S/C10H11NO.C9H9NO.2C2H6.CH4O.2CH3.2Y/c1-11-7-6-8-9(11)4-3-5-10(8)12-2;1-10-6-5-7-8(10)3-2-4-9(7)11;3*1-2;;;;/h3-7H,1-2H3;2-6,11H,1H3;2*1-2H3;2H,1H3;2*1H3;;/q;;;;;2*-1;;/i6T;5T;;;;;;;. The van der Waals surface area contributed by atoms with Crippen LogP contribution < -0.4 is 4.74 Å². The van der Waals surface area contributed by atoms with Gasteiger partial charge in [0.25, 0.3) is 0 Å². The van der Waals surface area contributed by atoms with Gasteiger partial charge in [-0.3, -0.25) is 0 Å². The number of hydrogen-bond acceptors (Lipinski definition) is 3. The van der Waals surface area contributed by atoms with Crippen molar-refractivity contribution in [1.82, 2.24) is 9.13 Å². The molecule has 0 aliphatic carbocycles.